The molecule has 0 radical (unpaired) electrons. The average molecular weight is 380 g/mol. The predicted molar refractivity (Wildman–Crippen MR) is 98.8 cm³/mol. The first-order chi connectivity index (χ1) is 12.0. The molecule has 6 nitrogen and oxygen atoms in total. The molecule has 1 aromatic heterocycles. The number of rotatable bonds is 5. The van der Waals surface area contributed by atoms with Crippen LogP contribution in [0.2, 0.25) is 0 Å². The largest absolute Gasteiger partial charge is 0.289 e. The Balaban J connectivity index is 1.66. The third kappa shape index (κ3) is 4.02. The topological polar surface area (TPSA) is 69.7 Å². The zero-order chi connectivity index (χ0) is 17.9. The van der Waals surface area contributed by atoms with Gasteiger partial charge < -0.3 is 0 Å². The number of anilines is 1. The van der Waals surface area contributed by atoms with Crippen LogP contribution in [0.15, 0.2) is 52.1 Å². The molecule has 8 heteroatoms. The number of hydrogen-bond donors (Lipinski definition) is 1. The number of carbonyl (C=O) groups is 1. The van der Waals surface area contributed by atoms with Crippen LogP contribution >= 0.6 is 11.3 Å². The van der Waals surface area contributed by atoms with Crippen molar-refractivity contribution in [2.45, 2.75) is 17.1 Å². The van der Waals surface area contributed by atoms with Gasteiger partial charge in [0.05, 0.1) is 11.6 Å². The zero-order valence-corrected chi connectivity index (χ0v) is 15.6. The number of nitrogens with one attached hydrogen (secondary N) is 1. The van der Waals surface area contributed by atoms with Gasteiger partial charge in [0.25, 0.3) is 10.0 Å². The zero-order valence-electron chi connectivity index (χ0n) is 14.0. The number of hydrogen-bond acceptors (Lipinski definition) is 5. The molecule has 25 heavy (non-hydrogen) atoms. The Morgan fingerprint density at radius 2 is 2.00 bits per heavy atom. The van der Waals surface area contributed by atoms with Crippen molar-refractivity contribution >= 4 is 33.0 Å². The smallest absolute Gasteiger partial charge is 0.252 e. The minimum absolute atomic E-state index is 0.155. The fourth-order valence-corrected chi connectivity index (χ4v) is 5.55. The molecule has 0 spiro atoms. The van der Waals surface area contributed by atoms with Gasteiger partial charge in [-0.3, -0.25) is 15.2 Å². The second kappa shape index (κ2) is 7.55. The molecule has 0 bridgehead atoms. The maximum absolute atomic E-state index is 12.7. The van der Waals surface area contributed by atoms with Gasteiger partial charge in [-0.05, 0) is 36.4 Å². The van der Waals surface area contributed by atoms with Gasteiger partial charge in [0.1, 0.15) is 4.21 Å². The minimum atomic E-state index is -3.51. The summed E-state index contributed by atoms with van der Waals surface area (Å²) in [4.78, 5) is 12.6. The van der Waals surface area contributed by atoms with E-state index in [0.29, 0.717) is 23.6 Å². The summed E-state index contributed by atoms with van der Waals surface area (Å²) in [5, 5.41) is 3.41. The predicted octanol–water partition coefficient (Wildman–Crippen LogP) is 2.32. The minimum Gasteiger partial charge on any atom is -0.289 e. The molecule has 1 aliphatic rings. The van der Waals surface area contributed by atoms with E-state index in [1.807, 2.05) is 30.3 Å². The van der Waals surface area contributed by atoms with Gasteiger partial charge in [-0.2, -0.15) is 4.31 Å². The lowest BCUT2D eigenvalue weighted by molar-refractivity contribution is -0.126. The van der Waals surface area contributed by atoms with Crippen LogP contribution in [-0.2, 0) is 14.8 Å². The number of thiophene rings is 1. The quantitative estimate of drug-likeness (QED) is 0.810. The van der Waals surface area contributed by atoms with E-state index in [1.54, 1.807) is 29.6 Å². The van der Waals surface area contributed by atoms with Crippen molar-refractivity contribution < 1.29 is 13.2 Å². The molecule has 1 saturated heterocycles. The second-order valence-corrected chi connectivity index (χ2v) is 9.12. The van der Waals surface area contributed by atoms with Crippen LogP contribution in [-0.4, -0.2) is 38.8 Å². The van der Waals surface area contributed by atoms with Crippen molar-refractivity contribution in [2.24, 2.45) is 5.92 Å². The van der Waals surface area contributed by atoms with E-state index in [-0.39, 0.29) is 18.4 Å². The van der Waals surface area contributed by atoms with E-state index in [4.69, 9.17) is 0 Å². The summed E-state index contributed by atoms with van der Waals surface area (Å²) in [7, 11) is -1.73. The van der Waals surface area contributed by atoms with Crippen molar-refractivity contribution in [3.63, 3.8) is 0 Å². The van der Waals surface area contributed by atoms with Gasteiger partial charge in [0.2, 0.25) is 5.91 Å². The Morgan fingerprint density at radius 3 is 2.68 bits per heavy atom. The number of benzene rings is 1. The summed E-state index contributed by atoms with van der Waals surface area (Å²) in [6.07, 6.45) is 1.36. The molecule has 2 heterocycles. The Morgan fingerprint density at radius 1 is 1.24 bits per heavy atom. The number of carbonyl (C=O) groups excluding carboxylic acids is 1. The first kappa shape index (κ1) is 17.9. The van der Waals surface area contributed by atoms with Crippen LogP contribution in [0.4, 0.5) is 5.69 Å². The molecule has 2 aromatic rings. The number of amides is 1. The van der Waals surface area contributed by atoms with Crippen LogP contribution in [0, 0.1) is 5.92 Å². The SMILES string of the molecule is CN(NC(=O)[C@@H]1CCCN(S(=O)(=O)c2cccs2)C1)c1ccccc1. The monoisotopic (exact) mass is 379 g/mol. The fraction of sp³-hybridized carbons (Fsp3) is 0.353. The number of para-hydroxylation sites is 1. The summed E-state index contributed by atoms with van der Waals surface area (Å²) in [6.45, 7) is 0.674. The number of sulfonamides is 1. The lowest BCUT2D eigenvalue weighted by Gasteiger charge is -2.32. The van der Waals surface area contributed by atoms with Crippen LogP contribution in [0.5, 0.6) is 0 Å². The molecule has 1 aliphatic heterocycles. The standard InChI is InChI=1S/C17H21N3O3S2/c1-19(15-8-3-2-4-9-15)18-17(21)14-7-5-11-20(13-14)25(22,23)16-10-6-12-24-16/h2-4,6,8-10,12,14H,5,7,11,13H2,1H3,(H,18,21)/t14-/m1/s1. The fourth-order valence-electron chi connectivity index (χ4n) is 2.88. The number of hydrazine groups is 1. The Bertz CT molecular complexity index is 807. The van der Waals surface area contributed by atoms with E-state index >= 15 is 0 Å². The summed E-state index contributed by atoms with van der Waals surface area (Å²) >= 11 is 1.20. The van der Waals surface area contributed by atoms with Crippen LogP contribution in [0.3, 0.4) is 0 Å². The van der Waals surface area contributed by atoms with Crippen molar-refractivity contribution in [2.75, 3.05) is 25.1 Å². The molecule has 1 atom stereocenters. The number of nitrogens with zero attached hydrogens (tertiary/aromatic N) is 2. The summed E-state index contributed by atoms with van der Waals surface area (Å²) in [6, 6.07) is 12.8. The van der Waals surface area contributed by atoms with Crippen molar-refractivity contribution in [3.05, 3.63) is 47.8 Å². The highest BCUT2D eigenvalue weighted by Gasteiger charge is 2.34. The van der Waals surface area contributed by atoms with Gasteiger partial charge >= 0.3 is 0 Å². The third-order valence-corrected chi connectivity index (χ3v) is 7.50. The molecule has 1 fully saturated rings. The van der Waals surface area contributed by atoms with E-state index < -0.39 is 10.0 Å². The molecule has 1 N–H and O–H groups in total. The first-order valence-corrected chi connectivity index (χ1v) is 10.4. The molecule has 0 saturated carbocycles. The van der Waals surface area contributed by atoms with E-state index in [1.165, 1.54) is 15.6 Å². The molecule has 134 valence electrons. The van der Waals surface area contributed by atoms with E-state index in [0.717, 1.165) is 5.69 Å². The van der Waals surface area contributed by atoms with Gasteiger partial charge in [-0.15, -0.1) is 11.3 Å². The average Bonchev–Trinajstić information content (AvgIpc) is 3.18. The van der Waals surface area contributed by atoms with Crippen molar-refractivity contribution in [1.29, 1.82) is 0 Å². The second-order valence-electron chi connectivity index (χ2n) is 6.00. The lowest BCUT2D eigenvalue weighted by atomic mass is 9.99. The number of piperidine rings is 1. The Kier molecular flexibility index (Phi) is 5.41. The maximum Gasteiger partial charge on any atom is 0.252 e. The van der Waals surface area contributed by atoms with Crippen LogP contribution in [0.25, 0.3) is 0 Å². The normalized spacial score (nSPS) is 18.7. The molecular formula is C17H21N3O3S2. The van der Waals surface area contributed by atoms with Gasteiger partial charge in [0, 0.05) is 20.1 Å². The molecule has 1 amide bonds. The van der Waals surface area contributed by atoms with Crippen molar-refractivity contribution in [3.8, 4) is 0 Å². The molecular weight excluding hydrogens is 358 g/mol. The molecule has 0 aliphatic carbocycles. The Labute approximate surface area is 152 Å². The third-order valence-electron chi connectivity index (χ3n) is 4.27. The van der Waals surface area contributed by atoms with Gasteiger partial charge in [-0.25, -0.2) is 8.42 Å². The maximum atomic E-state index is 12.7. The highest BCUT2D eigenvalue weighted by atomic mass is 32.2. The first-order valence-electron chi connectivity index (χ1n) is 8.11. The molecule has 0 unspecified atom stereocenters. The Hall–Kier alpha value is -1.90. The van der Waals surface area contributed by atoms with Gasteiger partial charge in [0.15, 0.2) is 0 Å². The van der Waals surface area contributed by atoms with Crippen molar-refractivity contribution in [1.82, 2.24) is 9.73 Å². The van der Waals surface area contributed by atoms with Crippen LogP contribution < -0.4 is 10.4 Å². The van der Waals surface area contributed by atoms with E-state index in [2.05, 4.69) is 5.43 Å². The summed E-state index contributed by atoms with van der Waals surface area (Å²) in [5.41, 5.74) is 3.72. The molecule has 1 aromatic carbocycles. The van der Waals surface area contributed by atoms with E-state index in [9.17, 15) is 13.2 Å². The summed E-state index contributed by atoms with van der Waals surface area (Å²) < 4.78 is 27.1. The molecule has 3 rings (SSSR count). The van der Waals surface area contributed by atoms with Gasteiger partial charge in [-0.1, -0.05) is 24.3 Å². The van der Waals surface area contributed by atoms with Crippen LogP contribution in [0.1, 0.15) is 12.8 Å². The highest BCUT2D eigenvalue weighted by Crippen LogP contribution is 2.26. The summed E-state index contributed by atoms with van der Waals surface area (Å²) in [5.74, 6) is -0.507. The lowest BCUT2D eigenvalue weighted by Crippen LogP contribution is -2.49. The highest BCUT2D eigenvalue weighted by molar-refractivity contribution is 7.91.